The second kappa shape index (κ2) is 9.12. The number of hydrogen-bond acceptors (Lipinski definition) is 8. The molecule has 0 aliphatic carbocycles. The zero-order chi connectivity index (χ0) is 24.6. The number of anilines is 1. The summed E-state index contributed by atoms with van der Waals surface area (Å²) < 4.78 is 7.53. The van der Waals surface area contributed by atoms with E-state index in [1.165, 1.54) is 0 Å². The molecule has 0 amide bonds. The lowest BCUT2D eigenvalue weighted by atomic mass is 10.0. The van der Waals surface area contributed by atoms with Crippen molar-refractivity contribution >= 4 is 11.8 Å². The third kappa shape index (κ3) is 4.51. The van der Waals surface area contributed by atoms with Crippen LogP contribution in [0.15, 0.2) is 24.7 Å². The van der Waals surface area contributed by atoms with Gasteiger partial charge in [0.05, 0.1) is 12.2 Å². The molecule has 0 saturated carbocycles. The van der Waals surface area contributed by atoms with Crippen molar-refractivity contribution in [3.05, 3.63) is 41.9 Å². The molecule has 0 unspecified atom stereocenters. The number of aryl methyl sites for hydroxylation is 2. The molecule has 3 aromatic heterocycles. The van der Waals surface area contributed by atoms with Crippen LogP contribution in [0.2, 0.25) is 0 Å². The molecule has 0 fully saturated rings. The largest absolute Gasteiger partial charge is 0.460 e. The molecule has 180 valence electrons. The Morgan fingerprint density at radius 2 is 1.97 bits per heavy atom. The van der Waals surface area contributed by atoms with E-state index in [2.05, 4.69) is 45.4 Å². The minimum Gasteiger partial charge on any atom is -0.460 e. The zero-order valence-corrected chi connectivity index (χ0v) is 21.0. The van der Waals surface area contributed by atoms with Gasteiger partial charge in [0.25, 0.3) is 0 Å². The van der Waals surface area contributed by atoms with Crippen molar-refractivity contribution in [2.45, 2.75) is 85.4 Å². The zero-order valence-electron chi connectivity index (χ0n) is 21.0. The van der Waals surface area contributed by atoms with Crippen molar-refractivity contribution < 1.29 is 9.53 Å². The Kier molecular flexibility index (Phi) is 6.38. The molecular formula is C25H33N7O2. The molecule has 3 aromatic rings. The van der Waals surface area contributed by atoms with E-state index in [1.807, 2.05) is 40.0 Å². The van der Waals surface area contributed by atoms with Gasteiger partial charge in [-0.15, -0.1) is 10.2 Å². The molecule has 1 aliphatic heterocycles. The maximum Gasteiger partial charge on any atom is 0.306 e. The highest BCUT2D eigenvalue weighted by Gasteiger charge is 2.36. The van der Waals surface area contributed by atoms with Gasteiger partial charge >= 0.3 is 5.97 Å². The molecule has 0 radical (unpaired) electrons. The predicted octanol–water partition coefficient (Wildman–Crippen LogP) is 4.38. The smallest absolute Gasteiger partial charge is 0.306 e. The molecule has 0 bridgehead atoms. The number of hydrogen-bond donors (Lipinski definition) is 0. The van der Waals surface area contributed by atoms with Gasteiger partial charge in [-0.25, -0.2) is 9.97 Å². The molecule has 0 N–H and O–H groups in total. The lowest BCUT2D eigenvalue weighted by Crippen LogP contribution is -2.40. The third-order valence-electron chi connectivity index (χ3n) is 5.83. The van der Waals surface area contributed by atoms with Gasteiger partial charge in [-0.05, 0) is 66.0 Å². The lowest BCUT2D eigenvalue weighted by Gasteiger charge is -2.39. The topological polar surface area (TPSA) is 98.9 Å². The third-order valence-corrected chi connectivity index (χ3v) is 5.83. The van der Waals surface area contributed by atoms with Crippen LogP contribution >= 0.6 is 0 Å². The standard InChI is InChI=1S/C25H33N7O2/c1-8-19-24-30-29-16(4)32(24)20-14-27-22(28-23(20)31(19)15(2)3)18-11-12-26-13-17(18)9-10-21(33)34-25(5,6)7/h11-15,19H,8-10H2,1-7H3/t19-/m1/s1. The lowest BCUT2D eigenvalue weighted by molar-refractivity contribution is -0.154. The molecule has 0 spiro atoms. The van der Waals surface area contributed by atoms with Crippen molar-refractivity contribution in [1.29, 1.82) is 0 Å². The number of nitrogens with zero attached hydrogens (tertiary/aromatic N) is 7. The molecule has 4 rings (SSSR count). The molecule has 1 atom stereocenters. The number of pyridine rings is 1. The molecular weight excluding hydrogens is 430 g/mol. The number of esters is 1. The van der Waals surface area contributed by atoms with Crippen molar-refractivity contribution in [1.82, 2.24) is 29.7 Å². The van der Waals surface area contributed by atoms with Crippen LogP contribution in [-0.2, 0) is 16.0 Å². The summed E-state index contributed by atoms with van der Waals surface area (Å²) in [5.41, 5.74) is 2.15. The van der Waals surface area contributed by atoms with Crippen molar-refractivity contribution in [2.75, 3.05) is 4.90 Å². The van der Waals surface area contributed by atoms with Gasteiger partial charge in [0.2, 0.25) is 0 Å². The Hall–Kier alpha value is -3.36. The first-order valence-electron chi connectivity index (χ1n) is 11.8. The van der Waals surface area contributed by atoms with Crippen LogP contribution < -0.4 is 4.90 Å². The summed E-state index contributed by atoms with van der Waals surface area (Å²) in [6.45, 7) is 14.0. The summed E-state index contributed by atoms with van der Waals surface area (Å²) in [6, 6.07) is 2.18. The molecule has 0 aromatic carbocycles. The van der Waals surface area contributed by atoms with Crippen LogP contribution in [0.25, 0.3) is 17.1 Å². The van der Waals surface area contributed by atoms with Gasteiger partial charge in [0, 0.05) is 30.4 Å². The van der Waals surface area contributed by atoms with Gasteiger partial charge in [0.1, 0.15) is 17.1 Å². The second-order valence-electron chi connectivity index (χ2n) is 9.89. The number of aromatic nitrogens is 6. The summed E-state index contributed by atoms with van der Waals surface area (Å²) in [5.74, 6) is 2.96. The van der Waals surface area contributed by atoms with Crippen LogP contribution in [-0.4, -0.2) is 47.3 Å². The fraction of sp³-hybridized carbons (Fsp3) is 0.520. The van der Waals surface area contributed by atoms with Gasteiger partial charge < -0.3 is 9.64 Å². The highest BCUT2D eigenvalue weighted by atomic mass is 16.6. The van der Waals surface area contributed by atoms with Crippen LogP contribution in [0.1, 0.15) is 77.6 Å². The number of ether oxygens (including phenoxy) is 1. The summed E-state index contributed by atoms with van der Waals surface area (Å²) in [7, 11) is 0. The quantitative estimate of drug-likeness (QED) is 0.497. The number of carbonyl (C=O) groups excluding carboxylic acids is 1. The maximum atomic E-state index is 12.3. The van der Waals surface area contributed by atoms with E-state index in [-0.39, 0.29) is 24.5 Å². The molecule has 34 heavy (non-hydrogen) atoms. The Morgan fingerprint density at radius 3 is 2.65 bits per heavy atom. The van der Waals surface area contributed by atoms with Crippen LogP contribution in [0.5, 0.6) is 0 Å². The number of carbonyl (C=O) groups is 1. The Balaban J connectivity index is 1.73. The Morgan fingerprint density at radius 1 is 1.21 bits per heavy atom. The first-order chi connectivity index (χ1) is 16.1. The molecule has 1 aliphatic rings. The first-order valence-corrected chi connectivity index (χ1v) is 11.8. The molecule has 0 saturated heterocycles. The van der Waals surface area contributed by atoms with E-state index in [0.717, 1.165) is 40.7 Å². The van der Waals surface area contributed by atoms with Gasteiger partial charge in [-0.3, -0.25) is 14.3 Å². The SMILES string of the molecule is CC[C@@H]1c2nnc(C)n2-c2cnc(-c3ccncc3CCC(=O)OC(C)(C)C)nc2N1C(C)C. The van der Waals surface area contributed by atoms with Crippen LogP contribution in [0, 0.1) is 6.92 Å². The summed E-state index contributed by atoms with van der Waals surface area (Å²) in [6.07, 6.45) is 6.99. The van der Waals surface area contributed by atoms with Crippen LogP contribution in [0.3, 0.4) is 0 Å². The normalized spacial score (nSPS) is 15.3. The van der Waals surface area contributed by atoms with Gasteiger partial charge in [-0.1, -0.05) is 6.92 Å². The van der Waals surface area contributed by atoms with E-state index in [4.69, 9.17) is 14.7 Å². The van der Waals surface area contributed by atoms with Crippen molar-refractivity contribution in [3.8, 4) is 17.1 Å². The minimum absolute atomic E-state index is 0.0699. The molecule has 9 heteroatoms. The van der Waals surface area contributed by atoms with Crippen molar-refractivity contribution in [3.63, 3.8) is 0 Å². The second-order valence-corrected chi connectivity index (χ2v) is 9.89. The predicted molar refractivity (Wildman–Crippen MR) is 130 cm³/mol. The van der Waals surface area contributed by atoms with Gasteiger partial charge in [-0.2, -0.15) is 0 Å². The van der Waals surface area contributed by atoms with E-state index in [1.54, 1.807) is 12.4 Å². The number of rotatable bonds is 6. The van der Waals surface area contributed by atoms with E-state index < -0.39 is 5.60 Å². The fourth-order valence-corrected chi connectivity index (χ4v) is 4.47. The van der Waals surface area contributed by atoms with E-state index in [9.17, 15) is 4.79 Å². The van der Waals surface area contributed by atoms with Crippen molar-refractivity contribution in [2.24, 2.45) is 0 Å². The van der Waals surface area contributed by atoms with Gasteiger partial charge in [0.15, 0.2) is 17.5 Å². The van der Waals surface area contributed by atoms with E-state index in [0.29, 0.717) is 12.2 Å². The monoisotopic (exact) mass is 463 g/mol. The Labute approximate surface area is 200 Å². The summed E-state index contributed by atoms with van der Waals surface area (Å²) in [5, 5.41) is 8.79. The van der Waals surface area contributed by atoms with E-state index >= 15 is 0 Å². The maximum absolute atomic E-state index is 12.3. The Bertz CT molecular complexity index is 1200. The fourth-order valence-electron chi connectivity index (χ4n) is 4.47. The van der Waals surface area contributed by atoms with Crippen LogP contribution in [0.4, 0.5) is 5.82 Å². The first kappa shape index (κ1) is 23.8. The summed E-state index contributed by atoms with van der Waals surface area (Å²) >= 11 is 0. The molecule has 9 nitrogen and oxygen atoms in total. The summed E-state index contributed by atoms with van der Waals surface area (Å²) in [4.78, 5) is 28.6. The minimum atomic E-state index is -0.508. The average molecular weight is 464 g/mol. The average Bonchev–Trinajstić information content (AvgIpc) is 3.16. The highest BCUT2D eigenvalue weighted by molar-refractivity contribution is 5.72. The highest BCUT2D eigenvalue weighted by Crippen LogP contribution is 2.40. The number of fused-ring (bicyclic) bond motifs is 3. The molecule has 4 heterocycles.